The van der Waals surface area contributed by atoms with Crippen molar-refractivity contribution in [3.8, 4) is 0 Å². The molecule has 2 N–H and O–H groups in total. The Morgan fingerprint density at radius 2 is 1.93 bits per heavy atom. The third-order valence-electron chi connectivity index (χ3n) is 5.98. The van der Waals surface area contributed by atoms with Crippen LogP contribution in [0.25, 0.3) is 10.8 Å². The minimum absolute atomic E-state index is 0.0428. The summed E-state index contributed by atoms with van der Waals surface area (Å²) in [5.41, 5.74) is -0.513. The zero-order chi connectivity index (χ0) is 21.0. The van der Waals surface area contributed by atoms with Crippen LogP contribution >= 0.6 is 11.6 Å². The molecule has 1 aromatic carbocycles. The number of nitrogens with zero attached hydrogens (tertiary/aromatic N) is 1. The number of aliphatic hydroxyl groups is 1. The second-order valence-corrected chi connectivity index (χ2v) is 8.89. The quantitative estimate of drug-likeness (QED) is 0.704. The highest BCUT2D eigenvalue weighted by Gasteiger charge is 2.46. The van der Waals surface area contributed by atoms with Crippen LogP contribution in [0.3, 0.4) is 0 Å². The van der Waals surface area contributed by atoms with Crippen LogP contribution in [-0.2, 0) is 4.74 Å². The maximum atomic E-state index is 13.3. The Hall–Kier alpha value is -1.54. The minimum Gasteiger partial charge on any atom is -0.389 e. The Morgan fingerprint density at radius 3 is 2.59 bits per heavy atom. The molecule has 1 aliphatic carbocycles. The van der Waals surface area contributed by atoms with Gasteiger partial charge in [-0.1, -0.05) is 11.6 Å². The van der Waals surface area contributed by atoms with Crippen LogP contribution in [0.1, 0.15) is 57.2 Å². The van der Waals surface area contributed by atoms with Crippen LogP contribution in [0.2, 0.25) is 5.02 Å². The molecule has 2 atom stereocenters. The summed E-state index contributed by atoms with van der Waals surface area (Å²) in [5.74, 6) is -2.69. The monoisotopic (exact) mass is 426 g/mol. The summed E-state index contributed by atoms with van der Waals surface area (Å²) in [6, 6.07) is 5.33. The van der Waals surface area contributed by atoms with E-state index in [1.165, 1.54) is 0 Å². The van der Waals surface area contributed by atoms with E-state index in [4.69, 9.17) is 16.3 Å². The van der Waals surface area contributed by atoms with Gasteiger partial charge in [0.25, 0.3) is 5.56 Å². The summed E-state index contributed by atoms with van der Waals surface area (Å²) < 4.78 is 34.1. The highest BCUT2D eigenvalue weighted by molar-refractivity contribution is 6.32. The molecule has 4 rings (SSSR count). The number of fused-ring (bicyclic) bond motifs is 1. The van der Waals surface area contributed by atoms with E-state index in [-0.39, 0.29) is 56.2 Å². The van der Waals surface area contributed by atoms with E-state index in [1.54, 1.807) is 22.9 Å². The van der Waals surface area contributed by atoms with E-state index < -0.39 is 11.5 Å². The summed E-state index contributed by atoms with van der Waals surface area (Å²) in [6.45, 7) is 4.06. The maximum Gasteiger partial charge on any atom is 0.258 e. The van der Waals surface area contributed by atoms with Crippen LogP contribution in [0, 0.1) is 0 Å². The predicted octanol–water partition coefficient (Wildman–Crippen LogP) is 4.16. The topological polar surface area (TPSA) is 66.8 Å². The zero-order valence-corrected chi connectivity index (χ0v) is 17.2. The van der Waals surface area contributed by atoms with Crippen molar-refractivity contribution in [2.75, 3.05) is 6.54 Å². The van der Waals surface area contributed by atoms with Gasteiger partial charge >= 0.3 is 0 Å². The lowest BCUT2D eigenvalue weighted by Crippen LogP contribution is -2.46. The molecule has 0 amide bonds. The van der Waals surface area contributed by atoms with Crippen molar-refractivity contribution in [3.05, 3.63) is 45.3 Å². The van der Waals surface area contributed by atoms with Gasteiger partial charge in [0.05, 0.1) is 5.60 Å². The Labute approximate surface area is 172 Å². The number of halogens is 3. The molecule has 1 aromatic heterocycles. The van der Waals surface area contributed by atoms with Crippen molar-refractivity contribution in [1.29, 1.82) is 0 Å². The maximum absolute atomic E-state index is 13.3. The predicted molar refractivity (Wildman–Crippen MR) is 108 cm³/mol. The molecule has 2 aliphatic rings. The van der Waals surface area contributed by atoms with Crippen molar-refractivity contribution in [2.45, 2.75) is 69.4 Å². The number of rotatable bonds is 5. The molecule has 158 valence electrons. The van der Waals surface area contributed by atoms with E-state index in [2.05, 4.69) is 5.32 Å². The highest BCUT2D eigenvalue weighted by atomic mass is 35.5. The van der Waals surface area contributed by atoms with Crippen LogP contribution in [-0.4, -0.2) is 34.0 Å². The molecule has 2 aromatic rings. The van der Waals surface area contributed by atoms with E-state index >= 15 is 0 Å². The number of ether oxygens (including phenoxy) is 1. The van der Waals surface area contributed by atoms with Crippen molar-refractivity contribution >= 4 is 22.4 Å². The molecule has 1 saturated carbocycles. The van der Waals surface area contributed by atoms with Gasteiger partial charge in [0.2, 0.25) is 5.92 Å². The van der Waals surface area contributed by atoms with Gasteiger partial charge in [-0.25, -0.2) is 8.78 Å². The molecule has 2 fully saturated rings. The molecule has 1 aliphatic heterocycles. The van der Waals surface area contributed by atoms with Gasteiger partial charge in [0, 0.05) is 47.6 Å². The fourth-order valence-corrected chi connectivity index (χ4v) is 4.34. The summed E-state index contributed by atoms with van der Waals surface area (Å²) in [5, 5.41) is 15.5. The molecule has 0 spiro atoms. The molecule has 0 bridgehead atoms. The summed E-state index contributed by atoms with van der Waals surface area (Å²) in [4.78, 5) is 12.8. The molecule has 29 heavy (non-hydrogen) atoms. The number of hydrogen-bond acceptors (Lipinski definition) is 4. The smallest absolute Gasteiger partial charge is 0.258 e. The van der Waals surface area contributed by atoms with Gasteiger partial charge in [0.15, 0.2) is 0 Å². The number of aromatic nitrogens is 1. The third-order valence-corrected chi connectivity index (χ3v) is 6.31. The molecule has 2 heterocycles. The molecule has 5 nitrogen and oxygen atoms in total. The van der Waals surface area contributed by atoms with Gasteiger partial charge in [-0.15, -0.1) is 0 Å². The van der Waals surface area contributed by atoms with Gasteiger partial charge in [-0.2, -0.15) is 0 Å². The van der Waals surface area contributed by atoms with Gasteiger partial charge in [-0.05, 0) is 50.3 Å². The number of epoxide rings is 1. The van der Waals surface area contributed by atoms with E-state index in [0.717, 1.165) is 10.9 Å². The normalized spacial score (nSPS) is 25.5. The molecular formula is C21H25ClF2N2O3. The lowest BCUT2D eigenvalue weighted by molar-refractivity contribution is -0.102. The van der Waals surface area contributed by atoms with E-state index in [9.17, 15) is 18.7 Å². The number of pyridine rings is 1. The van der Waals surface area contributed by atoms with Crippen LogP contribution < -0.4 is 10.9 Å². The Kier molecular flexibility index (Phi) is 5.22. The van der Waals surface area contributed by atoms with Crippen LogP contribution in [0.15, 0.2) is 29.2 Å². The van der Waals surface area contributed by atoms with Crippen molar-refractivity contribution in [2.24, 2.45) is 0 Å². The van der Waals surface area contributed by atoms with Gasteiger partial charge < -0.3 is 14.4 Å². The van der Waals surface area contributed by atoms with Crippen molar-refractivity contribution < 1.29 is 18.6 Å². The average molecular weight is 427 g/mol. The Morgan fingerprint density at radius 1 is 1.24 bits per heavy atom. The number of hydrogen-bond donors (Lipinski definition) is 2. The number of alkyl halides is 2. The largest absolute Gasteiger partial charge is 0.389 e. The second-order valence-electron chi connectivity index (χ2n) is 8.48. The average Bonchev–Trinajstić information content (AvgIpc) is 3.42. The van der Waals surface area contributed by atoms with Crippen molar-refractivity contribution in [1.82, 2.24) is 9.88 Å². The van der Waals surface area contributed by atoms with Gasteiger partial charge in [-0.3, -0.25) is 10.1 Å². The molecule has 2 unspecified atom stereocenters. The molecule has 1 saturated heterocycles. The highest BCUT2D eigenvalue weighted by Crippen LogP contribution is 2.44. The minimum atomic E-state index is -2.69. The van der Waals surface area contributed by atoms with Crippen LogP contribution in [0.5, 0.6) is 0 Å². The van der Waals surface area contributed by atoms with Gasteiger partial charge in [0.1, 0.15) is 12.3 Å². The first kappa shape index (κ1) is 20.7. The number of nitrogens with one attached hydrogen (secondary N) is 1. The van der Waals surface area contributed by atoms with E-state index in [1.807, 2.05) is 19.9 Å². The summed E-state index contributed by atoms with van der Waals surface area (Å²) in [7, 11) is 0. The molecule has 0 radical (unpaired) electrons. The summed E-state index contributed by atoms with van der Waals surface area (Å²) in [6.07, 6.45) is 0.508. The Balaban J connectivity index is 1.51. The standard InChI is InChI=1S/C21H25ClF2N2O3/c1-12(2)26-10-5-13-14(19(26)27)3-4-15(22)16(13)17-18(29-17)25-11-20(28)6-8-21(23,24)9-7-20/h3-5,10,12,17-18,25,28H,6-9,11H2,1-2H3. The molecule has 8 heteroatoms. The second kappa shape index (κ2) is 7.30. The first-order chi connectivity index (χ1) is 13.6. The fraction of sp³-hybridized carbons (Fsp3) is 0.571. The Bertz CT molecular complexity index is 982. The van der Waals surface area contributed by atoms with Crippen molar-refractivity contribution in [3.63, 3.8) is 0 Å². The van der Waals surface area contributed by atoms with Crippen LogP contribution in [0.4, 0.5) is 8.78 Å². The number of benzene rings is 1. The fourth-order valence-electron chi connectivity index (χ4n) is 4.07. The lowest BCUT2D eigenvalue weighted by atomic mass is 9.82. The first-order valence-corrected chi connectivity index (χ1v) is 10.3. The third kappa shape index (κ3) is 4.06. The molecular weight excluding hydrogens is 402 g/mol. The SMILES string of the molecule is CC(C)n1ccc2c(C3OC3NCC3(O)CCC(F)(F)CC3)c(Cl)ccc2c1=O. The summed E-state index contributed by atoms with van der Waals surface area (Å²) >= 11 is 6.42. The first-order valence-electron chi connectivity index (χ1n) is 9.93. The zero-order valence-electron chi connectivity index (χ0n) is 16.4. The lowest BCUT2D eigenvalue weighted by Gasteiger charge is -2.35. The van der Waals surface area contributed by atoms with E-state index in [0.29, 0.717) is 10.4 Å².